The van der Waals surface area contributed by atoms with Crippen LogP contribution in [0.5, 0.6) is 0 Å². The third-order valence-electron chi connectivity index (χ3n) is 4.37. The van der Waals surface area contributed by atoms with Gasteiger partial charge in [0.25, 0.3) is 0 Å². The molecule has 2 aromatic carbocycles. The molecule has 0 spiro atoms. The number of thioether (sulfide) groups is 1. The van der Waals surface area contributed by atoms with Crippen LogP contribution in [0.4, 0.5) is 8.78 Å². The number of nitrogens with zero attached hydrogens (tertiary/aromatic N) is 4. The molecular weight excluding hydrogens is 394 g/mol. The molecule has 1 fully saturated rings. The highest BCUT2D eigenvalue weighted by atomic mass is 35.5. The number of halogens is 3. The van der Waals surface area contributed by atoms with Crippen LogP contribution in [0, 0.1) is 22.3 Å². The van der Waals surface area contributed by atoms with Gasteiger partial charge in [0.05, 0.1) is 6.54 Å². The van der Waals surface area contributed by atoms with E-state index >= 15 is 0 Å². The Kier molecular flexibility index (Phi) is 4.60. The third kappa shape index (κ3) is 3.18. The molecule has 136 valence electrons. The van der Waals surface area contributed by atoms with E-state index < -0.39 is 23.3 Å². The molecule has 9 heteroatoms. The zero-order valence-electron chi connectivity index (χ0n) is 13.6. The Bertz CT molecular complexity index is 1050. The monoisotopic (exact) mass is 404 g/mol. The van der Waals surface area contributed by atoms with E-state index in [2.05, 4.69) is 10.1 Å². The summed E-state index contributed by atoms with van der Waals surface area (Å²) in [6, 6.07) is 10.5. The summed E-state index contributed by atoms with van der Waals surface area (Å²) in [5, 5.41) is 15.8. The number of hydrogen-bond donors (Lipinski definition) is 0. The quantitative estimate of drug-likeness (QED) is 0.357. The maximum Gasteiger partial charge on any atom is 0.200 e. The zero-order chi connectivity index (χ0) is 19.0. The Morgan fingerprint density at radius 2 is 2.11 bits per heavy atom. The van der Waals surface area contributed by atoms with Crippen molar-refractivity contribution < 1.29 is 13.5 Å². The standard InChI is InChI=1S/C18H11ClF2N4OS/c19-14-4-2-1-3-12(14)16-18(26-16,13-6-5-11(20)7-15(13)21)8-25-17(27-9-22)23-10-24-25/h1-7,10,16H,8H2/t16-,18-/m1/s1. The van der Waals surface area contributed by atoms with Crippen LogP contribution < -0.4 is 0 Å². The topological polar surface area (TPSA) is 67.0 Å². The van der Waals surface area contributed by atoms with Crippen molar-refractivity contribution in [2.24, 2.45) is 0 Å². The van der Waals surface area contributed by atoms with Crippen LogP contribution in [0.1, 0.15) is 17.2 Å². The van der Waals surface area contributed by atoms with E-state index in [1.807, 2.05) is 5.40 Å². The van der Waals surface area contributed by atoms with Gasteiger partial charge in [-0.1, -0.05) is 35.9 Å². The van der Waals surface area contributed by atoms with Crippen molar-refractivity contribution >= 4 is 23.4 Å². The smallest absolute Gasteiger partial charge is 0.200 e. The molecule has 0 amide bonds. The molecule has 4 rings (SSSR count). The van der Waals surface area contributed by atoms with Crippen molar-refractivity contribution in [1.82, 2.24) is 14.8 Å². The molecule has 1 aliphatic heterocycles. The van der Waals surface area contributed by atoms with E-state index in [0.29, 0.717) is 15.7 Å². The predicted molar refractivity (Wildman–Crippen MR) is 94.8 cm³/mol. The van der Waals surface area contributed by atoms with Crippen LogP contribution in [0.3, 0.4) is 0 Å². The first kappa shape index (κ1) is 17.9. The number of ether oxygens (including phenoxy) is 1. The van der Waals surface area contributed by atoms with Gasteiger partial charge in [0.15, 0.2) is 0 Å². The largest absolute Gasteiger partial charge is 0.354 e. The minimum Gasteiger partial charge on any atom is -0.354 e. The second-order valence-corrected chi connectivity index (χ2v) is 7.09. The first-order chi connectivity index (χ1) is 13.0. The Balaban J connectivity index is 1.79. The molecule has 0 N–H and O–H groups in total. The summed E-state index contributed by atoms with van der Waals surface area (Å²) in [6.45, 7) is 0.0927. The van der Waals surface area contributed by atoms with Crippen LogP contribution in [-0.4, -0.2) is 14.8 Å². The lowest BCUT2D eigenvalue weighted by Gasteiger charge is -2.16. The maximum atomic E-state index is 14.6. The Morgan fingerprint density at radius 1 is 1.30 bits per heavy atom. The molecule has 2 atom stereocenters. The molecule has 2 heterocycles. The van der Waals surface area contributed by atoms with Gasteiger partial charge in [-0.3, -0.25) is 0 Å². The molecule has 27 heavy (non-hydrogen) atoms. The first-order valence-corrected chi connectivity index (χ1v) is 9.06. The van der Waals surface area contributed by atoms with Crippen molar-refractivity contribution in [3.8, 4) is 5.40 Å². The van der Waals surface area contributed by atoms with E-state index in [1.54, 1.807) is 24.3 Å². The fraction of sp³-hybridized carbons (Fsp3) is 0.167. The normalized spacial score (nSPS) is 21.0. The van der Waals surface area contributed by atoms with Crippen LogP contribution in [0.15, 0.2) is 53.9 Å². The number of epoxide rings is 1. The van der Waals surface area contributed by atoms with Crippen molar-refractivity contribution in [2.45, 2.75) is 23.4 Å². The summed E-state index contributed by atoms with van der Waals surface area (Å²) >= 11 is 7.12. The molecular formula is C18H11ClF2N4OS. The molecule has 0 bridgehead atoms. The average molecular weight is 405 g/mol. The van der Waals surface area contributed by atoms with Crippen LogP contribution in [-0.2, 0) is 16.9 Å². The summed E-state index contributed by atoms with van der Waals surface area (Å²) in [5.41, 5.74) is -0.254. The van der Waals surface area contributed by atoms with E-state index in [0.717, 1.165) is 17.8 Å². The minimum atomic E-state index is -1.14. The van der Waals surface area contributed by atoms with Gasteiger partial charge in [0.1, 0.15) is 35.1 Å². The lowest BCUT2D eigenvalue weighted by molar-refractivity contribution is 0.250. The van der Waals surface area contributed by atoms with Gasteiger partial charge >= 0.3 is 0 Å². The van der Waals surface area contributed by atoms with Gasteiger partial charge in [-0.25, -0.2) is 18.4 Å². The Morgan fingerprint density at radius 3 is 2.85 bits per heavy atom. The number of nitriles is 1. The fourth-order valence-electron chi connectivity index (χ4n) is 3.13. The highest BCUT2D eigenvalue weighted by Gasteiger charge is 2.61. The summed E-state index contributed by atoms with van der Waals surface area (Å²) in [6.07, 6.45) is 0.761. The SMILES string of the molecule is N#CSc1ncnn1C[C@]1(c2ccc(F)cc2F)O[C@@H]1c1ccccc1Cl. The number of rotatable bonds is 5. The van der Waals surface area contributed by atoms with Gasteiger partial charge in [-0.15, -0.1) is 0 Å². The van der Waals surface area contributed by atoms with Gasteiger partial charge < -0.3 is 4.74 Å². The summed E-state index contributed by atoms with van der Waals surface area (Å²) in [5.74, 6) is -1.40. The minimum absolute atomic E-state index is 0.0927. The maximum absolute atomic E-state index is 14.6. The third-order valence-corrected chi connectivity index (χ3v) is 5.31. The molecule has 0 aliphatic carbocycles. The summed E-state index contributed by atoms with van der Waals surface area (Å²) < 4.78 is 35.4. The van der Waals surface area contributed by atoms with Crippen LogP contribution >= 0.6 is 23.4 Å². The lowest BCUT2D eigenvalue weighted by Crippen LogP contribution is -2.22. The summed E-state index contributed by atoms with van der Waals surface area (Å²) in [4.78, 5) is 4.02. The van der Waals surface area contributed by atoms with Crippen LogP contribution in [0.25, 0.3) is 0 Å². The number of hydrogen-bond acceptors (Lipinski definition) is 5. The Hall–Kier alpha value is -2.47. The summed E-state index contributed by atoms with van der Waals surface area (Å²) in [7, 11) is 0. The van der Waals surface area contributed by atoms with E-state index in [1.165, 1.54) is 23.1 Å². The van der Waals surface area contributed by atoms with E-state index in [-0.39, 0.29) is 12.1 Å². The van der Waals surface area contributed by atoms with E-state index in [4.69, 9.17) is 21.6 Å². The molecule has 0 saturated carbocycles. The zero-order valence-corrected chi connectivity index (χ0v) is 15.2. The van der Waals surface area contributed by atoms with Crippen molar-refractivity contribution in [1.29, 1.82) is 5.26 Å². The lowest BCUT2D eigenvalue weighted by atomic mass is 9.91. The van der Waals surface area contributed by atoms with E-state index in [9.17, 15) is 8.78 Å². The predicted octanol–water partition coefficient (Wildman–Crippen LogP) is 4.45. The highest BCUT2D eigenvalue weighted by molar-refractivity contribution is 8.03. The molecule has 1 aliphatic rings. The second-order valence-electron chi connectivity index (χ2n) is 5.93. The number of thiocyanates is 1. The Labute approximate surface area is 162 Å². The molecule has 5 nitrogen and oxygen atoms in total. The van der Waals surface area contributed by atoms with Crippen LogP contribution in [0.2, 0.25) is 5.02 Å². The molecule has 3 aromatic rings. The first-order valence-electron chi connectivity index (χ1n) is 7.86. The number of aromatic nitrogens is 3. The van der Waals surface area contributed by atoms with Gasteiger partial charge in [0.2, 0.25) is 5.16 Å². The van der Waals surface area contributed by atoms with Gasteiger partial charge in [-0.2, -0.15) is 10.4 Å². The van der Waals surface area contributed by atoms with Crippen molar-refractivity contribution in [2.75, 3.05) is 0 Å². The fourth-order valence-corrected chi connectivity index (χ4v) is 3.76. The average Bonchev–Trinajstić information content (AvgIpc) is 3.18. The van der Waals surface area contributed by atoms with Crippen molar-refractivity contribution in [3.05, 3.63) is 76.6 Å². The highest BCUT2D eigenvalue weighted by Crippen LogP contribution is 2.59. The second kappa shape index (κ2) is 6.93. The molecule has 0 unspecified atom stereocenters. The molecule has 1 aromatic heterocycles. The number of benzene rings is 2. The molecule has 1 saturated heterocycles. The van der Waals surface area contributed by atoms with Gasteiger partial charge in [-0.05, 0) is 12.1 Å². The van der Waals surface area contributed by atoms with Crippen molar-refractivity contribution in [3.63, 3.8) is 0 Å². The molecule has 0 radical (unpaired) electrons. The van der Waals surface area contributed by atoms with Gasteiger partial charge in [0, 0.05) is 34.0 Å².